The smallest absolute Gasteiger partial charge is 0.243 e. The van der Waals surface area contributed by atoms with Gasteiger partial charge >= 0.3 is 0 Å². The number of likely N-dealkylation sites (N-methyl/N-ethyl adjacent to an activating group) is 1. The van der Waals surface area contributed by atoms with Crippen LogP contribution in [0.2, 0.25) is 0 Å². The van der Waals surface area contributed by atoms with Crippen molar-refractivity contribution in [3.8, 4) is 6.07 Å². The third-order valence-corrected chi connectivity index (χ3v) is 7.80. The number of piperidine rings is 1. The average Bonchev–Trinajstić information content (AvgIpc) is 2.79. The lowest BCUT2D eigenvalue weighted by Crippen LogP contribution is -2.44. The zero-order valence-corrected chi connectivity index (χ0v) is 18.9. The fourth-order valence-corrected chi connectivity index (χ4v) is 4.97. The van der Waals surface area contributed by atoms with E-state index >= 15 is 0 Å². The fourth-order valence-electron chi connectivity index (χ4n) is 3.85. The number of sulfonamides is 1. The van der Waals surface area contributed by atoms with Crippen molar-refractivity contribution in [3.05, 3.63) is 65.2 Å². The summed E-state index contributed by atoms with van der Waals surface area (Å²) >= 11 is 0. The molecule has 7 heteroatoms. The van der Waals surface area contributed by atoms with Gasteiger partial charge in [0, 0.05) is 20.1 Å². The molecule has 1 heterocycles. The maximum absolute atomic E-state index is 12.7. The molecular formula is C24H29N3O3S. The van der Waals surface area contributed by atoms with Crippen LogP contribution in [0.4, 0.5) is 0 Å². The van der Waals surface area contributed by atoms with E-state index in [1.165, 1.54) is 42.4 Å². The van der Waals surface area contributed by atoms with Gasteiger partial charge in [-0.15, -0.1) is 0 Å². The number of rotatable bonds is 7. The second-order valence-electron chi connectivity index (χ2n) is 8.25. The second-order valence-corrected chi connectivity index (χ2v) is 10.3. The van der Waals surface area contributed by atoms with Crippen LogP contribution in [-0.4, -0.2) is 50.2 Å². The number of carbonyl (C=O) groups is 1. The van der Waals surface area contributed by atoms with E-state index < -0.39 is 10.0 Å². The Morgan fingerprint density at radius 2 is 1.71 bits per heavy atom. The Morgan fingerprint density at radius 3 is 2.29 bits per heavy atom. The summed E-state index contributed by atoms with van der Waals surface area (Å²) in [6, 6.07) is 16.3. The van der Waals surface area contributed by atoms with Gasteiger partial charge in [0.05, 0.1) is 23.1 Å². The number of carbonyl (C=O) groups excluding carboxylic acids is 1. The first-order valence-corrected chi connectivity index (χ1v) is 12.0. The Bertz CT molecular complexity index is 1030. The molecular weight excluding hydrogens is 410 g/mol. The first kappa shape index (κ1) is 23.0. The van der Waals surface area contributed by atoms with E-state index in [2.05, 4.69) is 31.2 Å². The van der Waals surface area contributed by atoms with Crippen molar-refractivity contribution in [1.82, 2.24) is 9.21 Å². The Morgan fingerprint density at radius 1 is 1.10 bits per heavy atom. The second kappa shape index (κ2) is 10.1. The highest BCUT2D eigenvalue weighted by molar-refractivity contribution is 7.89. The van der Waals surface area contributed by atoms with Gasteiger partial charge in [0.15, 0.2) is 0 Å². The summed E-state index contributed by atoms with van der Waals surface area (Å²) in [7, 11) is -2.36. The number of likely N-dealkylation sites (tertiary alicyclic amines) is 1. The molecule has 1 saturated heterocycles. The van der Waals surface area contributed by atoms with Gasteiger partial charge < -0.3 is 4.90 Å². The number of nitriles is 1. The number of benzene rings is 2. The van der Waals surface area contributed by atoms with E-state index in [0.29, 0.717) is 24.6 Å². The summed E-state index contributed by atoms with van der Waals surface area (Å²) in [5.74, 6) is 0.419. The molecule has 0 aliphatic carbocycles. The molecule has 0 bridgehead atoms. The topological polar surface area (TPSA) is 81.5 Å². The van der Waals surface area contributed by atoms with E-state index in [0.717, 1.165) is 30.0 Å². The Hall–Kier alpha value is -2.69. The van der Waals surface area contributed by atoms with Gasteiger partial charge in [0.2, 0.25) is 15.9 Å². The molecule has 0 unspecified atom stereocenters. The predicted molar refractivity (Wildman–Crippen MR) is 120 cm³/mol. The molecule has 0 spiro atoms. The SMILES string of the molecule is Cc1ccc(CCC2CCN(C(=O)CN(C)S(=O)(=O)c3ccc(C#N)cc3)CC2)cc1. The van der Waals surface area contributed by atoms with Crippen molar-refractivity contribution in [2.24, 2.45) is 5.92 Å². The molecule has 2 aromatic carbocycles. The van der Waals surface area contributed by atoms with Crippen molar-refractivity contribution in [2.75, 3.05) is 26.7 Å². The summed E-state index contributed by atoms with van der Waals surface area (Å²) in [4.78, 5) is 14.5. The highest BCUT2D eigenvalue weighted by Gasteiger charge is 2.27. The van der Waals surface area contributed by atoms with Crippen LogP contribution < -0.4 is 0 Å². The van der Waals surface area contributed by atoms with Gasteiger partial charge in [-0.25, -0.2) is 8.42 Å². The zero-order valence-electron chi connectivity index (χ0n) is 18.1. The molecule has 0 aromatic heterocycles. The third-order valence-electron chi connectivity index (χ3n) is 5.98. The lowest BCUT2D eigenvalue weighted by atomic mass is 9.90. The molecule has 31 heavy (non-hydrogen) atoms. The molecule has 2 aromatic rings. The van der Waals surface area contributed by atoms with Crippen LogP contribution in [-0.2, 0) is 21.2 Å². The first-order valence-electron chi connectivity index (χ1n) is 10.6. The van der Waals surface area contributed by atoms with E-state index in [1.807, 2.05) is 6.07 Å². The van der Waals surface area contributed by atoms with Gasteiger partial charge in [-0.1, -0.05) is 29.8 Å². The standard InChI is InChI=1S/C24H29N3O3S/c1-19-3-5-20(6-4-19)7-8-21-13-15-27(16-14-21)24(28)18-26(2)31(29,30)23-11-9-22(17-25)10-12-23/h3-6,9-12,21H,7-8,13-16,18H2,1-2H3. The maximum atomic E-state index is 12.7. The molecule has 0 saturated carbocycles. The van der Waals surface area contributed by atoms with Gasteiger partial charge in [-0.3, -0.25) is 4.79 Å². The molecule has 1 fully saturated rings. The van der Waals surface area contributed by atoms with Crippen LogP contribution in [0, 0.1) is 24.2 Å². The maximum Gasteiger partial charge on any atom is 0.243 e. The van der Waals surface area contributed by atoms with Crippen molar-refractivity contribution in [1.29, 1.82) is 5.26 Å². The predicted octanol–water partition coefficient (Wildman–Crippen LogP) is 3.36. The quantitative estimate of drug-likeness (QED) is 0.662. The monoisotopic (exact) mass is 439 g/mol. The van der Waals surface area contributed by atoms with Crippen molar-refractivity contribution in [3.63, 3.8) is 0 Å². The summed E-state index contributed by atoms with van der Waals surface area (Å²) in [5, 5.41) is 8.86. The van der Waals surface area contributed by atoms with Crippen LogP contribution in [0.25, 0.3) is 0 Å². The van der Waals surface area contributed by atoms with Crippen molar-refractivity contribution in [2.45, 2.75) is 37.5 Å². The third kappa shape index (κ3) is 5.93. The normalized spacial score (nSPS) is 15.1. The minimum Gasteiger partial charge on any atom is -0.342 e. The van der Waals surface area contributed by atoms with Crippen LogP contribution in [0.3, 0.4) is 0 Å². The molecule has 6 nitrogen and oxygen atoms in total. The van der Waals surface area contributed by atoms with E-state index in [-0.39, 0.29) is 17.3 Å². The minimum atomic E-state index is -3.77. The summed E-state index contributed by atoms with van der Waals surface area (Å²) < 4.78 is 26.5. The van der Waals surface area contributed by atoms with Crippen molar-refractivity contribution < 1.29 is 13.2 Å². The molecule has 1 amide bonds. The molecule has 0 atom stereocenters. The number of nitrogens with zero attached hydrogens (tertiary/aromatic N) is 3. The molecule has 1 aliphatic rings. The Balaban J connectivity index is 1.48. The number of aryl methyl sites for hydroxylation is 2. The van der Waals surface area contributed by atoms with Crippen molar-refractivity contribution >= 4 is 15.9 Å². The number of hydrogen-bond donors (Lipinski definition) is 0. The molecule has 164 valence electrons. The van der Waals surface area contributed by atoms with Crippen LogP contribution in [0.15, 0.2) is 53.4 Å². The number of amides is 1. The Kier molecular flexibility index (Phi) is 7.47. The molecule has 3 rings (SSSR count). The van der Waals surface area contributed by atoms with Crippen LogP contribution in [0.5, 0.6) is 0 Å². The zero-order chi connectivity index (χ0) is 22.4. The largest absolute Gasteiger partial charge is 0.342 e. The number of hydrogen-bond acceptors (Lipinski definition) is 4. The lowest BCUT2D eigenvalue weighted by molar-refractivity contribution is -0.132. The lowest BCUT2D eigenvalue weighted by Gasteiger charge is -2.33. The van der Waals surface area contributed by atoms with Gasteiger partial charge in [-0.05, 0) is 68.4 Å². The van der Waals surface area contributed by atoms with Gasteiger partial charge in [-0.2, -0.15) is 9.57 Å². The highest BCUT2D eigenvalue weighted by atomic mass is 32.2. The minimum absolute atomic E-state index is 0.0802. The van der Waals surface area contributed by atoms with Gasteiger partial charge in [0.1, 0.15) is 0 Å². The van der Waals surface area contributed by atoms with Crippen LogP contribution in [0.1, 0.15) is 36.0 Å². The summed E-state index contributed by atoms with van der Waals surface area (Å²) in [6.07, 6.45) is 4.05. The molecule has 1 aliphatic heterocycles. The average molecular weight is 440 g/mol. The summed E-state index contributed by atoms with van der Waals surface area (Å²) in [5.41, 5.74) is 3.00. The van der Waals surface area contributed by atoms with Crippen LogP contribution >= 0.6 is 0 Å². The van der Waals surface area contributed by atoms with E-state index in [4.69, 9.17) is 5.26 Å². The molecule has 0 radical (unpaired) electrons. The van der Waals surface area contributed by atoms with Gasteiger partial charge in [0.25, 0.3) is 0 Å². The van der Waals surface area contributed by atoms with E-state index in [9.17, 15) is 13.2 Å². The molecule has 0 N–H and O–H groups in total. The summed E-state index contributed by atoms with van der Waals surface area (Å²) in [6.45, 7) is 3.24. The highest BCUT2D eigenvalue weighted by Crippen LogP contribution is 2.23. The Labute approximate surface area is 185 Å². The van der Waals surface area contributed by atoms with E-state index in [1.54, 1.807) is 4.90 Å². The first-order chi connectivity index (χ1) is 14.8. The fraction of sp³-hybridized carbons (Fsp3) is 0.417.